The molecule has 1 heterocycles. The molecule has 0 spiro atoms. The maximum absolute atomic E-state index is 5.08. The zero-order chi connectivity index (χ0) is 12.0. The molecule has 0 aliphatic rings. The van der Waals surface area contributed by atoms with Crippen LogP contribution in [0.2, 0.25) is 0 Å². The Morgan fingerprint density at radius 3 is 2.81 bits per heavy atom. The van der Waals surface area contributed by atoms with E-state index in [0.717, 1.165) is 18.8 Å². The van der Waals surface area contributed by atoms with E-state index in [1.54, 1.807) is 7.11 Å². The third kappa shape index (κ3) is 4.59. The van der Waals surface area contributed by atoms with Crippen LogP contribution in [0.4, 0.5) is 0 Å². The van der Waals surface area contributed by atoms with E-state index in [2.05, 4.69) is 36.2 Å². The Kier molecular flexibility index (Phi) is 5.22. The number of rotatable bonds is 6. The SMILES string of the molecule is COc1cccc(CNC(C)CN(C)C)n1. The number of ether oxygens (including phenoxy) is 1. The Bertz CT molecular complexity index is 315. The smallest absolute Gasteiger partial charge is 0.213 e. The van der Waals surface area contributed by atoms with Gasteiger partial charge in [-0.1, -0.05) is 6.07 Å². The van der Waals surface area contributed by atoms with Gasteiger partial charge >= 0.3 is 0 Å². The van der Waals surface area contributed by atoms with Gasteiger partial charge in [0.1, 0.15) is 0 Å². The van der Waals surface area contributed by atoms with Crippen LogP contribution in [0, 0.1) is 0 Å². The molecule has 90 valence electrons. The van der Waals surface area contributed by atoms with Gasteiger partial charge in [0.05, 0.1) is 12.8 Å². The first-order valence-electron chi connectivity index (χ1n) is 5.50. The van der Waals surface area contributed by atoms with Gasteiger partial charge in [-0.2, -0.15) is 0 Å². The molecule has 0 saturated carbocycles. The highest BCUT2D eigenvalue weighted by atomic mass is 16.5. The highest BCUT2D eigenvalue weighted by Crippen LogP contribution is 2.06. The molecule has 1 aromatic heterocycles. The summed E-state index contributed by atoms with van der Waals surface area (Å²) in [5.41, 5.74) is 1.00. The lowest BCUT2D eigenvalue weighted by molar-refractivity contribution is 0.347. The molecule has 4 heteroatoms. The number of likely N-dealkylation sites (N-methyl/N-ethyl adjacent to an activating group) is 1. The van der Waals surface area contributed by atoms with Crippen LogP contribution >= 0.6 is 0 Å². The topological polar surface area (TPSA) is 37.4 Å². The van der Waals surface area contributed by atoms with Gasteiger partial charge in [0.2, 0.25) is 5.88 Å². The zero-order valence-corrected chi connectivity index (χ0v) is 10.5. The summed E-state index contributed by atoms with van der Waals surface area (Å²) in [7, 11) is 5.78. The zero-order valence-electron chi connectivity index (χ0n) is 10.5. The first kappa shape index (κ1) is 12.9. The summed E-state index contributed by atoms with van der Waals surface area (Å²) in [6.45, 7) is 3.95. The average molecular weight is 223 g/mol. The van der Waals surface area contributed by atoms with Crippen LogP contribution in [0.15, 0.2) is 18.2 Å². The van der Waals surface area contributed by atoms with Crippen LogP contribution in [-0.4, -0.2) is 43.7 Å². The Labute approximate surface area is 97.6 Å². The van der Waals surface area contributed by atoms with Crippen molar-refractivity contribution in [1.29, 1.82) is 0 Å². The monoisotopic (exact) mass is 223 g/mol. The second kappa shape index (κ2) is 6.45. The van der Waals surface area contributed by atoms with E-state index >= 15 is 0 Å². The van der Waals surface area contributed by atoms with Crippen molar-refractivity contribution in [1.82, 2.24) is 15.2 Å². The van der Waals surface area contributed by atoms with Crippen molar-refractivity contribution in [2.75, 3.05) is 27.7 Å². The fourth-order valence-corrected chi connectivity index (χ4v) is 1.56. The van der Waals surface area contributed by atoms with Gasteiger partial charge in [-0.3, -0.25) is 0 Å². The van der Waals surface area contributed by atoms with Gasteiger partial charge in [-0.25, -0.2) is 4.98 Å². The highest BCUT2D eigenvalue weighted by Gasteiger charge is 2.03. The first-order chi connectivity index (χ1) is 7.61. The van der Waals surface area contributed by atoms with E-state index in [1.807, 2.05) is 18.2 Å². The van der Waals surface area contributed by atoms with E-state index in [1.165, 1.54) is 0 Å². The van der Waals surface area contributed by atoms with E-state index in [-0.39, 0.29) is 0 Å². The molecule has 0 bridgehead atoms. The summed E-state index contributed by atoms with van der Waals surface area (Å²) in [5, 5.41) is 3.42. The Balaban J connectivity index is 2.41. The lowest BCUT2D eigenvalue weighted by Crippen LogP contribution is -2.35. The fraction of sp³-hybridized carbons (Fsp3) is 0.583. The van der Waals surface area contributed by atoms with E-state index < -0.39 is 0 Å². The number of aromatic nitrogens is 1. The van der Waals surface area contributed by atoms with Crippen LogP contribution in [0.25, 0.3) is 0 Å². The van der Waals surface area contributed by atoms with Crippen molar-refractivity contribution in [3.8, 4) is 5.88 Å². The van der Waals surface area contributed by atoms with Crippen molar-refractivity contribution < 1.29 is 4.74 Å². The molecule has 0 amide bonds. The molecular formula is C12H21N3O. The predicted molar refractivity (Wildman–Crippen MR) is 65.6 cm³/mol. The largest absolute Gasteiger partial charge is 0.481 e. The van der Waals surface area contributed by atoms with Crippen molar-refractivity contribution in [2.45, 2.75) is 19.5 Å². The minimum Gasteiger partial charge on any atom is -0.481 e. The molecule has 0 saturated heterocycles. The maximum atomic E-state index is 5.08. The maximum Gasteiger partial charge on any atom is 0.213 e. The van der Waals surface area contributed by atoms with Crippen molar-refractivity contribution in [3.63, 3.8) is 0 Å². The number of hydrogen-bond acceptors (Lipinski definition) is 4. The normalized spacial score (nSPS) is 12.8. The molecule has 16 heavy (non-hydrogen) atoms. The molecule has 1 aromatic rings. The summed E-state index contributed by atoms with van der Waals surface area (Å²) < 4.78 is 5.08. The van der Waals surface area contributed by atoms with Crippen LogP contribution in [0.5, 0.6) is 5.88 Å². The van der Waals surface area contributed by atoms with E-state index in [9.17, 15) is 0 Å². The second-order valence-electron chi connectivity index (χ2n) is 4.22. The van der Waals surface area contributed by atoms with Gasteiger partial charge in [-0.15, -0.1) is 0 Å². The summed E-state index contributed by atoms with van der Waals surface area (Å²) in [6, 6.07) is 6.26. The van der Waals surface area contributed by atoms with Crippen LogP contribution in [-0.2, 0) is 6.54 Å². The van der Waals surface area contributed by atoms with Gasteiger partial charge in [0, 0.05) is 25.2 Å². The lowest BCUT2D eigenvalue weighted by Gasteiger charge is -2.18. The standard InChI is InChI=1S/C12H21N3O/c1-10(9-15(2)3)13-8-11-6-5-7-12(14-11)16-4/h5-7,10,13H,8-9H2,1-4H3. The van der Waals surface area contributed by atoms with Crippen LogP contribution < -0.4 is 10.1 Å². The van der Waals surface area contributed by atoms with Gasteiger partial charge in [-0.05, 0) is 27.1 Å². The Morgan fingerprint density at radius 1 is 1.44 bits per heavy atom. The fourth-order valence-electron chi connectivity index (χ4n) is 1.56. The number of pyridine rings is 1. The molecule has 0 aliphatic heterocycles. The average Bonchev–Trinajstić information content (AvgIpc) is 2.26. The molecule has 0 aliphatic carbocycles. The minimum absolute atomic E-state index is 0.447. The Morgan fingerprint density at radius 2 is 2.19 bits per heavy atom. The van der Waals surface area contributed by atoms with Crippen molar-refractivity contribution >= 4 is 0 Å². The number of nitrogens with zero attached hydrogens (tertiary/aromatic N) is 2. The molecule has 0 fully saturated rings. The second-order valence-corrected chi connectivity index (χ2v) is 4.22. The van der Waals surface area contributed by atoms with Gasteiger partial charge in [0.25, 0.3) is 0 Å². The molecule has 1 N–H and O–H groups in total. The van der Waals surface area contributed by atoms with E-state index in [0.29, 0.717) is 11.9 Å². The minimum atomic E-state index is 0.447. The van der Waals surface area contributed by atoms with Crippen LogP contribution in [0.3, 0.4) is 0 Å². The third-order valence-corrected chi connectivity index (χ3v) is 2.26. The summed E-state index contributed by atoms with van der Waals surface area (Å²) >= 11 is 0. The number of hydrogen-bond donors (Lipinski definition) is 1. The summed E-state index contributed by atoms with van der Waals surface area (Å²) in [6.07, 6.45) is 0. The summed E-state index contributed by atoms with van der Waals surface area (Å²) in [4.78, 5) is 6.51. The molecule has 1 unspecified atom stereocenters. The predicted octanol–water partition coefficient (Wildman–Crippen LogP) is 1.13. The van der Waals surface area contributed by atoms with Crippen LogP contribution in [0.1, 0.15) is 12.6 Å². The van der Waals surface area contributed by atoms with Gasteiger partial charge < -0.3 is 15.0 Å². The molecule has 1 atom stereocenters. The number of methoxy groups -OCH3 is 1. The quantitative estimate of drug-likeness (QED) is 0.784. The highest BCUT2D eigenvalue weighted by molar-refractivity contribution is 5.15. The molecule has 0 aromatic carbocycles. The molecular weight excluding hydrogens is 202 g/mol. The lowest BCUT2D eigenvalue weighted by atomic mass is 10.3. The third-order valence-electron chi connectivity index (χ3n) is 2.26. The number of nitrogens with one attached hydrogen (secondary N) is 1. The Hall–Kier alpha value is -1.13. The molecule has 0 radical (unpaired) electrons. The molecule has 1 rings (SSSR count). The summed E-state index contributed by atoms with van der Waals surface area (Å²) in [5.74, 6) is 0.666. The molecule has 4 nitrogen and oxygen atoms in total. The van der Waals surface area contributed by atoms with Gasteiger partial charge in [0.15, 0.2) is 0 Å². The van der Waals surface area contributed by atoms with E-state index in [4.69, 9.17) is 4.74 Å². The first-order valence-corrected chi connectivity index (χ1v) is 5.50. The van der Waals surface area contributed by atoms with Crippen molar-refractivity contribution in [3.05, 3.63) is 23.9 Å². The van der Waals surface area contributed by atoms with Crippen molar-refractivity contribution in [2.24, 2.45) is 0 Å².